The molecule has 7 N–H and O–H groups in total. The van der Waals surface area contributed by atoms with Crippen LogP contribution < -0.4 is 16.8 Å². The highest BCUT2D eigenvalue weighted by Gasteiger charge is 2.20. The summed E-state index contributed by atoms with van der Waals surface area (Å²) in [5.74, 6) is -2.23. The molecule has 0 saturated carbocycles. The first-order chi connectivity index (χ1) is 12.9. The Kier molecular flexibility index (Phi) is 11.9. The predicted molar refractivity (Wildman–Crippen MR) is 106 cm³/mol. The van der Waals surface area contributed by atoms with E-state index >= 15 is 0 Å². The van der Waals surface area contributed by atoms with Gasteiger partial charge in [-0.25, -0.2) is 0 Å². The van der Waals surface area contributed by atoms with E-state index in [9.17, 15) is 14.4 Å². The van der Waals surface area contributed by atoms with E-state index in [1.54, 1.807) is 6.20 Å². The molecule has 2 amide bonds. The molecular weight excluding hydrogens is 348 g/mol. The van der Waals surface area contributed by atoms with Crippen molar-refractivity contribution in [1.82, 2.24) is 10.3 Å². The lowest BCUT2D eigenvalue weighted by molar-refractivity contribution is -0.139. The van der Waals surface area contributed by atoms with E-state index in [4.69, 9.17) is 10.8 Å². The zero-order chi connectivity index (χ0) is 20.8. The fourth-order valence-electron chi connectivity index (χ4n) is 2.23. The van der Waals surface area contributed by atoms with Crippen LogP contribution in [-0.4, -0.2) is 41.0 Å². The van der Waals surface area contributed by atoms with E-state index in [1.807, 2.05) is 24.3 Å². The van der Waals surface area contributed by atoms with Crippen LogP contribution in [-0.2, 0) is 20.8 Å². The number of aliphatic carboxylic acids is 1. The number of aromatic amines is 1. The molecule has 0 radical (unpaired) electrons. The van der Waals surface area contributed by atoms with Crippen LogP contribution in [0.15, 0.2) is 30.5 Å². The average Bonchev–Trinajstić information content (AvgIpc) is 3.05. The molecule has 0 saturated heterocycles. The number of primary amides is 1. The maximum absolute atomic E-state index is 11.7. The molecule has 8 nitrogen and oxygen atoms in total. The quantitative estimate of drug-likeness (QED) is 0.495. The smallest absolute Gasteiger partial charge is 0.303 e. The number of amides is 2. The van der Waals surface area contributed by atoms with E-state index in [1.165, 1.54) is 13.5 Å². The van der Waals surface area contributed by atoms with Crippen LogP contribution in [0.25, 0.3) is 10.9 Å². The van der Waals surface area contributed by atoms with Gasteiger partial charge in [0.25, 0.3) is 0 Å². The number of hydrogen-bond donors (Lipinski definition) is 5. The number of H-pyrrole nitrogens is 1. The van der Waals surface area contributed by atoms with Crippen molar-refractivity contribution in [2.24, 2.45) is 11.5 Å². The molecule has 1 aromatic heterocycles. The van der Waals surface area contributed by atoms with Crippen molar-refractivity contribution in [3.63, 3.8) is 0 Å². The van der Waals surface area contributed by atoms with Crippen molar-refractivity contribution >= 4 is 28.7 Å². The molecule has 2 rings (SSSR count). The number of nitrogens with one attached hydrogen (secondary N) is 2. The number of benzene rings is 1. The van der Waals surface area contributed by atoms with Crippen molar-refractivity contribution in [1.29, 1.82) is 0 Å². The van der Waals surface area contributed by atoms with E-state index in [2.05, 4.69) is 29.9 Å². The monoisotopic (exact) mass is 378 g/mol. The number of carbonyl (C=O) groups is 3. The molecule has 0 unspecified atom stereocenters. The normalized spacial score (nSPS) is 10.7. The second-order valence-electron chi connectivity index (χ2n) is 5.69. The SMILES string of the molecule is CCC.CN.NC(=O)[C@H](Cc1c[nH]c2ccccc12)NC(=O)CCC(=O)O. The summed E-state index contributed by atoms with van der Waals surface area (Å²) in [6.45, 7) is 4.25. The van der Waals surface area contributed by atoms with Gasteiger partial charge >= 0.3 is 5.97 Å². The van der Waals surface area contributed by atoms with Gasteiger partial charge in [0.15, 0.2) is 0 Å². The Morgan fingerprint density at radius 3 is 2.30 bits per heavy atom. The Morgan fingerprint density at radius 2 is 1.74 bits per heavy atom. The van der Waals surface area contributed by atoms with Crippen LogP contribution in [0.1, 0.15) is 38.7 Å². The van der Waals surface area contributed by atoms with Crippen molar-refractivity contribution in [2.45, 2.75) is 45.6 Å². The summed E-state index contributed by atoms with van der Waals surface area (Å²) < 4.78 is 0. The van der Waals surface area contributed by atoms with Crippen LogP contribution in [0.3, 0.4) is 0 Å². The van der Waals surface area contributed by atoms with Gasteiger partial charge < -0.3 is 26.9 Å². The molecule has 1 atom stereocenters. The third-order valence-corrected chi connectivity index (χ3v) is 3.34. The largest absolute Gasteiger partial charge is 0.481 e. The highest BCUT2D eigenvalue weighted by Crippen LogP contribution is 2.19. The lowest BCUT2D eigenvalue weighted by atomic mass is 10.0. The van der Waals surface area contributed by atoms with Gasteiger partial charge in [-0.2, -0.15) is 0 Å². The highest BCUT2D eigenvalue weighted by atomic mass is 16.4. The number of carboxylic acid groups (broad SMARTS) is 1. The zero-order valence-corrected chi connectivity index (χ0v) is 16.1. The maximum Gasteiger partial charge on any atom is 0.303 e. The van der Waals surface area contributed by atoms with Crippen LogP contribution >= 0.6 is 0 Å². The second-order valence-corrected chi connectivity index (χ2v) is 5.69. The van der Waals surface area contributed by atoms with Crippen LogP contribution in [0.5, 0.6) is 0 Å². The Bertz CT molecular complexity index is 727. The molecule has 0 spiro atoms. The summed E-state index contributed by atoms with van der Waals surface area (Å²) in [7, 11) is 1.50. The maximum atomic E-state index is 11.7. The molecule has 150 valence electrons. The first-order valence-electron chi connectivity index (χ1n) is 8.82. The van der Waals surface area contributed by atoms with Crippen LogP contribution in [0.2, 0.25) is 0 Å². The van der Waals surface area contributed by atoms with E-state index in [0.717, 1.165) is 16.5 Å². The Hall–Kier alpha value is -2.87. The molecule has 0 fully saturated rings. The number of carboxylic acids is 1. The standard InChI is InChI=1S/C15H17N3O4.C3H8.CH5N/c16-15(22)12(18-13(19)5-6-14(20)21)7-9-8-17-11-4-2-1-3-10(9)11;1-3-2;1-2/h1-4,8,12,17H,5-7H2,(H2,16,22)(H,18,19)(H,20,21);3H2,1-2H3;2H2,1H3/t12-;;/m0../s1. The van der Waals surface area contributed by atoms with Crippen molar-refractivity contribution in [3.05, 3.63) is 36.0 Å². The van der Waals surface area contributed by atoms with Gasteiger partial charge in [0, 0.05) is 29.9 Å². The Labute approximate surface area is 159 Å². The lowest BCUT2D eigenvalue weighted by Gasteiger charge is -2.15. The summed E-state index contributed by atoms with van der Waals surface area (Å²) in [6.07, 6.45) is 2.79. The van der Waals surface area contributed by atoms with Gasteiger partial charge in [0.2, 0.25) is 11.8 Å². The number of hydrogen-bond acceptors (Lipinski definition) is 4. The fraction of sp³-hybridized carbons (Fsp3) is 0.421. The van der Waals surface area contributed by atoms with Gasteiger partial charge in [-0.1, -0.05) is 38.5 Å². The zero-order valence-electron chi connectivity index (χ0n) is 16.1. The van der Waals surface area contributed by atoms with Gasteiger partial charge in [-0.3, -0.25) is 14.4 Å². The minimum atomic E-state index is -1.07. The molecule has 8 heteroatoms. The number of para-hydroxylation sites is 1. The van der Waals surface area contributed by atoms with Gasteiger partial charge in [0.1, 0.15) is 6.04 Å². The lowest BCUT2D eigenvalue weighted by Crippen LogP contribution is -2.45. The van der Waals surface area contributed by atoms with Crippen molar-refractivity contribution < 1.29 is 19.5 Å². The van der Waals surface area contributed by atoms with Gasteiger partial charge in [-0.15, -0.1) is 0 Å². The molecule has 0 aliphatic heterocycles. The number of carbonyl (C=O) groups excluding carboxylic acids is 2. The van der Waals surface area contributed by atoms with Gasteiger partial charge in [-0.05, 0) is 18.7 Å². The minimum Gasteiger partial charge on any atom is -0.481 e. The molecule has 0 bridgehead atoms. The molecule has 0 aliphatic rings. The predicted octanol–water partition coefficient (Wildman–Crippen LogP) is 1.54. The van der Waals surface area contributed by atoms with Crippen LogP contribution in [0, 0.1) is 0 Å². The highest BCUT2D eigenvalue weighted by molar-refractivity contribution is 5.89. The number of aromatic nitrogens is 1. The van der Waals surface area contributed by atoms with Crippen molar-refractivity contribution in [3.8, 4) is 0 Å². The summed E-state index contributed by atoms with van der Waals surface area (Å²) in [5, 5.41) is 12.0. The number of rotatable bonds is 7. The first-order valence-corrected chi connectivity index (χ1v) is 8.82. The van der Waals surface area contributed by atoms with Crippen molar-refractivity contribution in [2.75, 3.05) is 7.05 Å². The molecule has 1 aromatic carbocycles. The summed E-state index contributed by atoms with van der Waals surface area (Å²) in [6, 6.07) is 6.71. The number of fused-ring (bicyclic) bond motifs is 1. The van der Waals surface area contributed by atoms with Gasteiger partial charge in [0.05, 0.1) is 6.42 Å². The molecule has 2 aromatic rings. The first kappa shape index (κ1) is 24.1. The van der Waals surface area contributed by atoms with E-state index in [0.29, 0.717) is 0 Å². The number of nitrogens with two attached hydrogens (primary N) is 2. The third-order valence-electron chi connectivity index (χ3n) is 3.34. The molecule has 0 aliphatic carbocycles. The Balaban J connectivity index is 0.00000123. The molecule has 1 heterocycles. The Morgan fingerprint density at radius 1 is 1.15 bits per heavy atom. The molecular formula is C19H30N4O4. The second kappa shape index (κ2) is 13.3. The minimum absolute atomic E-state index is 0.188. The topological polar surface area (TPSA) is 151 Å². The average molecular weight is 378 g/mol. The van der Waals surface area contributed by atoms with E-state index in [-0.39, 0.29) is 19.3 Å². The fourth-order valence-corrected chi connectivity index (χ4v) is 2.23. The summed E-state index contributed by atoms with van der Waals surface area (Å²) in [4.78, 5) is 36.7. The van der Waals surface area contributed by atoms with Crippen LogP contribution in [0.4, 0.5) is 0 Å². The summed E-state index contributed by atoms with van der Waals surface area (Å²) >= 11 is 0. The summed E-state index contributed by atoms with van der Waals surface area (Å²) in [5.41, 5.74) is 11.6. The van der Waals surface area contributed by atoms with E-state index < -0.39 is 23.8 Å². The third kappa shape index (κ3) is 8.87. The molecule has 27 heavy (non-hydrogen) atoms.